The van der Waals surface area contributed by atoms with E-state index in [4.69, 9.17) is 0 Å². The molecule has 0 bridgehead atoms. The van der Waals surface area contributed by atoms with Crippen LogP contribution in [0.25, 0.3) is 0 Å². The highest BCUT2D eigenvalue weighted by Crippen LogP contribution is 2.12. The van der Waals surface area contributed by atoms with Gasteiger partial charge in [0.2, 0.25) is 10.0 Å². The molecule has 0 spiro atoms. The molecule has 25 heavy (non-hydrogen) atoms. The largest absolute Gasteiger partial charge is 0.348 e. The smallest absolute Gasteiger partial charge is 0.251 e. The number of carbonyl (C=O) groups excluding carboxylic acids is 1. The third-order valence-electron chi connectivity index (χ3n) is 3.87. The van der Waals surface area contributed by atoms with Crippen molar-refractivity contribution in [1.29, 1.82) is 0 Å². The van der Waals surface area contributed by atoms with E-state index in [9.17, 15) is 13.2 Å². The van der Waals surface area contributed by atoms with E-state index in [1.54, 1.807) is 19.1 Å². The van der Waals surface area contributed by atoms with Gasteiger partial charge in [-0.2, -0.15) is 5.10 Å². The van der Waals surface area contributed by atoms with Crippen LogP contribution in [0.1, 0.15) is 28.4 Å². The molecule has 134 valence electrons. The summed E-state index contributed by atoms with van der Waals surface area (Å²) in [4.78, 5) is 16.4. The van der Waals surface area contributed by atoms with Gasteiger partial charge in [-0.15, -0.1) is 0 Å². The minimum atomic E-state index is -3.77. The summed E-state index contributed by atoms with van der Waals surface area (Å²) in [5.41, 5.74) is 0.309. The molecule has 0 aliphatic carbocycles. The Hall–Kier alpha value is -2.30. The molecule has 1 atom stereocenters. The van der Waals surface area contributed by atoms with Crippen LogP contribution in [0.4, 0.5) is 0 Å². The number of benzene rings is 1. The maximum atomic E-state index is 12.4. The normalized spacial score (nSPS) is 17.6. The highest BCUT2D eigenvalue weighted by Gasteiger charge is 2.20. The van der Waals surface area contributed by atoms with Crippen molar-refractivity contribution in [2.24, 2.45) is 0 Å². The molecule has 1 aromatic carbocycles. The van der Waals surface area contributed by atoms with Gasteiger partial charge in [0.25, 0.3) is 5.91 Å². The molecule has 1 unspecified atom stereocenters. The van der Waals surface area contributed by atoms with Gasteiger partial charge in [0, 0.05) is 18.2 Å². The van der Waals surface area contributed by atoms with Crippen LogP contribution in [0.2, 0.25) is 0 Å². The van der Waals surface area contributed by atoms with E-state index in [1.807, 2.05) is 0 Å². The highest BCUT2D eigenvalue weighted by molar-refractivity contribution is 7.89. The zero-order valence-electron chi connectivity index (χ0n) is 13.7. The first-order chi connectivity index (χ1) is 11.9. The summed E-state index contributed by atoms with van der Waals surface area (Å²) in [7, 11) is -3.77. The van der Waals surface area contributed by atoms with Crippen LogP contribution in [-0.2, 0) is 16.6 Å². The lowest BCUT2D eigenvalue weighted by atomic mass is 10.2. The quantitative estimate of drug-likeness (QED) is 0.556. The summed E-state index contributed by atoms with van der Waals surface area (Å²) in [6.45, 7) is 3.29. The van der Waals surface area contributed by atoms with E-state index >= 15 is 0 Å². The van der Waals surface area contributed by atoms with Crippen molar-refractivity contribution in [2.75, 3.05) is 13.1 Å². The number of nitrogens with one attached hydrogen (secondary N) is 4. The number of nitrogens with zero attached hydrogens (tertiary/aromatic N) is 2. The molecule has 1 fully saturated rings. The topological polar surface area (TPSA) is 129 Å². The minimum absolute atomic E-state index is 0.0250. The predicted molar refractivity (Wildman–Crippen MR) is 90.3 cm³/mol. The second-order valence-electron chi connectivity index (χ2n) is 5.85. The van der Waals surface area contributed by atoms with Crippen molar-refractivity contribution in [3.8, 4) is 0 Å². The van der Waals surface area contributed by atoms with Gasteiger partial charge in [-0.1, -0.05) is 6.07 Å². The first kappa shape index (κ1) is 17.5. The molecule has 1 aliphatic heterocycles. The average Bonchev–Trinajstić information content (AvgIpc) is 3.25. The van der Waals surface area contributed by atoms with Gasteiger partial charge in [-0.25, -0.2) is 18.1 Å². The maximum Gasteiger partial charge on any atom is 0.251 e. The molecule has 0 saturated carbocycles. The lowest BCUT2D eigenvalue weighted by Crippen LogP contribution is -2.36. The Bertz CT molecular complexity index is 858. The van der Waals surface area contributed by atoms with E-state index < -0.39 is 10.0 Å². The molecule has 1 amide bonds. The molecule has 1 saturated heterocycles. The van der Waals surface area contributed by atoms with Crippen molar-refractivity contribution in [2.45, 2.75) is 30.8 Å². The Morgan fingerprint density at radius 2 is 2.24 bits per heavy atom. The SMILES string of the molecule is Cc1nc(CNS(=O)(=O)c2cccc(C(=O)NC3CCNC3)c2)n[nH]1. The van der Waals surface area contributed by atoms with Crippen molar-refractivity contribution >= 4 is 15.9 Å². The van der Waals surface area contributed by atoms with Gasteiger partial charge in [0.1, 0.15) is 5.82 Å². The first-order valence-electron chi connectivity index (χ1n) is 7.93. The fraction of sp³-hybridized carbons (Fsp3) is 0.400. The molecule has 1 aromatic heterocycles. The van der Waals surface area contributed by atoms with Gasteiger partial charge in [0.15, 0.2) is 5.82 Å². The number of hydrogen-bond donors (Lipinski definition) is 4. The van der Waals surface area contributed by atoms with E-state index in [-0.39, 0.29) is 23.4 Å². The fourth-order valence-electron chi connectivity index (χ4n) is 2.56. The van der Waals surface area contributed by atoms with Crippen molar-refractivity contribution in [3.05, 3.63) is 41.5 Å². The lowest BCUT2D eigenvalue weighted by Gasteiger charge is -2.12. The van der Waals surface area contributed by atoms with Crippen LogP contribution in [0.3, 0.4) is 0 Å². The van der Waals surface area contributed by atoms with Crippen molar-refractivity contribution in [1.82, 2.24) is 30.5 Å². The molecule has 0 radical (unpaired) electrons. The van der Waals surface area contributed by atoms with Crippen molar-refractivity contribution in [3.63, 3.8) is 0 Å². The van der Waals surface area contributed by atoms with Crippen LogP contribution < -0.4 is 15.4 Å². The first-order valence-corrected chi connectivity index (χ1v) is 9.41. The summed E-state index contributed by atoms with van der Waals surface area (Å²) >= 11 is 0. The Balaban J connectivity index is 1.69. The Labute approximate surface area is 145 Å². The average molecular weight is 364 g/mol. The summed E-state index contributed by atoms with van der Waals surface area (Å²) in [6.07, 6.45) is 0.862. The molecule has 9 nitrogen and oxygen atoms in total. The highest BCUT2D eigenvalue weighted by atomic mass is 32.2. The summed E-state index contributed by atoms with van der Waals surface area (Å²) in [6, 6.07) is 6.02. The number of amides is 1. The van der Waals surface area contributed by atoms with Crippen molar-refractivity contribution < 1.29 is 13.2 Å². The molecular weight excluding hydrogens is 344 g/mol. The van der Waals surface area contributed by atoms with Crippen LogP contribution in [-0.4, -0.2) is 48.6 Å². The number of hydrogen-bond acceptors (Lipinski definition) is 6. The lowest BCUT2D eigenvalue weighted by molar-refractivity contribution is 0.0940. The molecule has 1 aliphatic rings. The van der Waals surface area contributed by atoms with E-state index in [0.29, 0.717) is 17.2 Å². The Morgan fingerprint density at radius 3 is 2.92 bits per heavy atom. The fourth-order valence-corrected chi connectivity index (χ4v) is 3.59. The number of aromatic nitrogens is 3. The van der Waals surface area contributed by atoms with E-state index in [1.165, 1.54) is 12.1 Å². The monoisotopic (exact) mass is 364 g/mol. The van der Waals surface area contributed by atoms with E-state index in [2.05, 4.69) is 30.5 Å². The van der Waals surface area contributed by atoms with Gasteiger partial charge < -0.3 is 10.6 Å². The number of aromatic amines is 1. The van der Waals surface area contributed by atoms with Crippen LogP contribution in [0.5, 0.6) is 0 Å². The maximum absolute atomic E-state index is 12.4. The molecule has 10 heteroatoms. The molecular formula is C15H20N6O3S. The molecule has 2 heterocycles. The van der Waals surface area contributed by atoms with Gasteiger partial charge in [-0.3, -0.25) is 9.89 Å². The zero-order chi connectivity index (χ0) is 17.9. The zero-order valence-corrected chi connectivity index (χ0v) is 14.6. The summed E-state index contributed by atoms with van der Waals surface area (Å²) in [5.74, 6) is 0.674. The third-order valence-corrected chi connectivity index (χ3v) is 5.26. The summed E-state index contributed by atoms with van der Waals surface area (Å²) in [5, 5.41) is 12.6. The molecule has 4 N–H and O–H groups in total. The van der Waals surface area contributed by atoms with Gasteiger partial charge >= 0.3 is 0 Å². The third kappa shape index (κ3) is 4.41. The van der Waals surface area contributed by atoms with Gasteiger partial charge in [-0.05, 0) is 38.1 Å². The Kier molecular flexibility index (Phi) is 5.11. The second kappa shape index (κ2) is 7.30. The number of sulfonamides is 1. The number of carbonyl (C=O) groups is 1. The minimum Gasteiger partial charge on any atom is -0.348 e. The number of aryl methyl sites for hydroxylation is 1. The number of H-pyrrole nitrogens is 1. The van der Waals surface area contributed by atoms with Crippen LogP contribution >= 0.6 is 0 Å². The standard InChI is InChI=1S/C15H20N6O3S/c1-10-18-14(21-20-10)9-17-25(23,24)13-4-2-3-11(7-13)15(22)19-12-5-6-16-8-12/h2-4,7,12,16-17H,5-6,8-9H2,1H3,(H,19,22)(H,18,20,21). The molecule has 2 aromatic rings. The summed E-state index contributed by atoms with van der Waals surface area (Å²) < 4.78 is 27.3. The van der Waals surface area contributed by atoms with Gasteiger partial charge in [0.05, 0.1) is 11.4 Å². The van der Waals surface area contributed by atoms with Crippen LogP contribution in [0, 0.1) is 6.92 Å². The second-order valence-corrected chi connectivity index (χ2v) is 7.62. The number of rotatable bonds is 6. The Morgan fingerprint density at radius 1 is 1.40 bits per heavy atom. The van der Waals surface area contributed by atoms with E-state index in [0.717, 1.165) is 19.5 Å². The van der Waals surface area contributed by atoms with Crippen LogP contribution in [0.15, 0.2) is 29.2 Å². The predicted octanol–water partition coefficient (Wildman–Crippen LogP) is -0.317. The molecule has 3 rings (SSSR count).